The van der Waals surface area contributed by atoms with Crippen LogP contribution < -0.4 is 15.8 Å². The van der Waals surface area contributed by atoms with Gasteiger partial charge in [-0.05, 0) is 55.6 Å². The van der Waals surface area contributed by atoms with Crippen molar-refractivity contribution >= 4 is 27.6 Å². The number of aryl methyl sites for hydroxylation is 1. The molecule has 10 heteroatoms. The molecule has 0 unspecified atom stereocenters. The van der Waals surface area contributed by atoms with Crippen molar-refractivity contribution in [2.24, 2.45) is 5.14 Å². The maximum Gasteiger partial charge on any atom is 0.319 e. The molecule has 0 atom stereocenters. The quantitative estimate of drug-likeness (QED) is 0.226. The largest absolute Gasteiger partial charge is 0.354 e. The van der Waals surface area contributed by atoms with Gasteiger partial charge in [0, 0.05) is 44.0 Å². The SMILES string of the molecule is CCCCN1CCN(C(=N)c2cccc(NC(=O)NCCCc3ccc(S(N)(=O)=O)cc3)c2)CC1. The van der Waals surface area contributed by atoms with Crippen LogP contribution in [0.1, 0.15) is 37.3 Å². The van der Waals surface area contributed by atoms with Crippen molar-refractivity contribution < 1.29 is 13.2 Å². The van der Waals surface area contributed by atoms with Crippen molar-refractivity contribution in [1.29, 1.82) is 5.41 Å². The third kappa shape index (κ3) is 8.34. The molecule has 1 aliphatic rings. The molecule has 1 saturated heterocycles. The monoisotopic (exact) mass is 500 g/mol. The summed E-state index contributed by atoms with van der Waals surface area (Å²) in [6, 6.07) is 13.5. The average Bonchev–Trinajstić information content (AvgIpc) is 2.85. The molecule has 1 heterocycles. The fourth-order valence-corrected chi connectivity index (χ4v) is 4.53. The van der Waals surface area contributed by atoms with Crippen LogP contribution in [0, 0.1) is 5.41 Å². The van der Waals surface area contributed by atoms with E-state index in [0.29, 0.717) is 30.9 Å². The molecule has 0 spiro atoms. The van der Waals surface area contributed by atoms with E-state index >= 15 is 0 Å². The number of unbranched alkanes of at least 4 members (excludes halogenated alkanes) is 1. The van der Waals surface area contributed by atoms with Gasteiger partial charge in [-0.3, -0.25) is 10.3 Å². The van der Waals surface area contributed by atoms with E-state index in [0.717, 1.165) is 43.9 Å². The average molecular weight is 501 g/mol. The number of benzene rings is 2. The second-order valence-electron chi connectivity index (χ2n) is 8.79. The Balaban J connectivity index is 1.42. The molecule has 3 rings (SSSR count). The van der Waals surface area contributed by atoms with Crippen molar-refractivity contribution in [2.75, 3.05) is 44.6 Å². The smallest absolute Gasteiger partial charge is 0.319 e. The fraction of sp³-hybridized carbons (Fsp3) is 0.440. The summed E-state index contributed by atoms with van der Waals surface area (Å²) in [5.41, 5.74) is 2.40. The van der Waals surface area contributed by atoms with E-state index in [4.69, 9.17) is 10.5 Å². The Morgan fingerprint density at radius 2 is 1.77 bits per heavy atom. The van der Waals surface area contributed by atoms with Crippen LogP contribution in [0.15, 0.2) is 53.4 Å². The lowest BCUT2D eigenvalue weighted by Crippen LogP contribution is -2.48. The van der Waals surface area contributed by atoms with Crippen LogP contribution in [-0.4, -0.2) is 69.4 Å². The van der Waals surface area contributed by atoms with Crippen LogP contribution in [0.2, 0.25) is 0 Å². The highest BCUT2D eigenvalue weighted by Gasteiger charge is 2.19. The van der Waals surface area contributed by atoms with Crippen molar-refractivity contribution in [3.05, 3.63) is 59.7 Å². The minimum atomic E-state index is -3.69. The van der Waals surface area contributed by atoms with E-state index in [1.807, 2.05) is 24.3 Å². The molecular formula is C25H36N6O3S. The first-order valence-electron chi connectivity index (χ1n) is 12.1. The number of hydrogen-bond donors (Lipinski definition) is 4. The van der Waals surface area contributed by atoms with Gasteiger partial charge in [0.2, 0.25) is 10.0 Å². The lowest BCUT2D eigenvalue weighted by molar-refractivity contribution is 0.180. The summed E-state index contributed by atoms with van der Waals surface area (Å²) >= 11 is 0. The van der Waals surface area contributed by atoms with E-state index in [1.165, 1.54) is 25.0 Å². The standard InChI is InChI=1S/C25H36N6O3S/c1-2-3-14-30-15-17-31(18-16-30)24(26)21-7-4-8-22(19-21)29-25(32)28-13-5-6-20-9-11-23(12-10-20)35(27,33)34/h4,7-12,19,26H,2-3,5-6,13-18H2,1H3,(H2,27,33,34)(H2,28,29,32). The number of sulfonamides is 1. The topological polar surface area (TPSA) is 132 Å². The number of nitrogens with two attached hydrogens (primary N) is 1. The molecule has 190 valence electrons. The van der Waals surface area contributed by atoms with Crippen LogP contribution in [0.5, 0.6) is 0 Å². The number of urea groups is 1. The molecule has 0 bridgehead atoms. The first-order chi connectivity index (χ1) is 16.8. The molecule has 1 fully saturated rings. The molecule has 0 aliphatic carbocycles. The van der Waals surface area contributed by atoms with Gasteiger partial charge in [-0.1, -0.05) is 37.6 Å². The molecule has 2 aromatic rings. The third-order valence-electron chi connectivity index (χ3n) is 6.09. The summed E-state index contributed by atoms with van der Waals surface area (Å²) in [6.07, 6.45) is 3.81. The number of primary sulfonamides is 1. The molecule has 1 aliphatic heterocycles. The number of piperazine rings is 1. The second kappa shape index (κ2) is 12.7. The molecule has 2 aromatic carbocycles. The minimum Gasteiger partial charge on any atom is -0.354 e. The van der Waals surface area contributed by atoms with Gasteiger partial charge in [0.05, 0.1) is 4.90 Å². The Kier molecular flexibility index (Phi) is 9.64. The van der Waals surface area contributed by atoms with E-state index < -0.39 is 10.0 Å². The van der Waals surface area contributed by atoms with Gasteiger partial charge in [0.25, 0.3) is 0 Å². The van der Waals surface area contributed by atoms with Crippen LogP contribution in [0.25, 0.3) is 0 Å². The number of nitrogens with one attached hydrogen (secondary N) is 3. The molecule has 0 radical (unpaired) electrons. The maximum absolute atomic E-state index is 12.3. The molecule has 2 amide bonds. The van der Waals surface area contributed by atoms with Gasteiger partial charge < -0.3 is 15.5 Å². The van der Waals surface area contributed by atoms with Gasteiger partial charge in [-0.25, -0.2) is 18.4 Å². The number of carbonyl (C=O) groups excluding carboxylic acids is 1. The third-order valence-corrected chi connectivity index (χ3v) is 7.02. The predicted octanol–water partition coefficient (Wildman–Crippen LogP) is 2.83. The number of amidine groups is 1. The first kappa shape index (κ1) is 26.7. The van der Waals surface area contributed by atoms with E-state index in [2.05, 4.69) is 27.4 Å². The lowest BCUT2D eigenvalue weighted by Gasteiger charge is -2.36. The van der Waals surface area contributed by atoms with Crippen LogP contribution in [0.3, 0.4) is 0 Å². The first-order valence-corrected chi connectivity index (χ1v) is 13.6. The maximum atomic E-state index is 12.3. The van der Waals surface area contributed by atoms with Gasteiger partial charge >= 0.3 is 6.03 Å². The van der Waals surface area contributed by atoms with Gasteiger partial charge in [-0.15, -0.1) is 0 Å². The second-order valence-corrected chi connectivity index (χ2v) is 10.3. The van der Waals surface area contributed by atoms with Crippen LogP contribution >= 0.6 is 0 Å². The minimum absolute atomic E-state index is 0.0864. The van der Waals surface area contributed by atoms with E-state index in [9.17, 15) is 13.2 Å². The number of amides is 2. The normalized spacial score (nSPS) is 14.5. The summed E-state index contributed by atoms with van der Waals surface area (Å²) in [4.78, 5) is 16.9. The number of nitrogens with zero attached hydrogens (tertiary/aromatic N) is 2. The molecule has 5 N–H and O–H groups in total. The van der Waals surface area contributed by atoms with Gasteiger partial charge in [0.15, 0.2) is 0 Å². The number of carbonyl (C=O) groups is 1. The van der Waals surface area contributed by atoms with Crippen molar-refractivity contribution in [1.82, 2.24) is 15.1 Å². The summed E-state index contributed by atoms with van der Waals surface area (Å²) in [7, 11) is -3.69. The molecule has 9 nitrogen and oxygen atoms in total. The van der Waals surface area contributed by atoms with E-state index in [-0.39, 0.29) is 10.9 Å². The van der Waals surface area contributed by atoms with Crippen molar-refractivity contribution in [3.8, 4) is 0 Å². The number of anilines is 1. The Labute approximate surface area is 208 Å². The Hall–Kier alpha value is -2.95. The highest BCUT2D eigenvalue weighted by atomic mass is 32.2. The zero-order chi connectivity index (χ0) is 25.3. The Morgan fingerprint density at radius 3 is 2.43 bits per heavy atom. The van der Waals surface area contributed by atoms with Crippen molar-refractivity contribution in [3.63, 3.8) is 0 Å². The Morgan fingerprint density at radius 1 is 1.06 bits per heavy atom. The zero-order valence-corrected chi connectivity index (χ0v) is 21.1. The zero-order valence-electron chi connectivity index (χ0n) is 20.3. The summed E-state index contributed by atoms with van der Waals surface area (Å²) in [6.45, 7) is 7.42. The highest BCUT2D eigenvalue weighted by Crippen LogP contribution is 2.15. The predicted molar refractivity (Wildman–Crippen MR) is 139 cm³/mol. The van der Waals surface area contributed by atoms with Crippen molar-refractivity contribution in [2.45, 2.75) is 37.5 Å². The summed E-state index contributed by atoms with van der Waals surface area (Å²) in [5, 5.41) is 19.4. The fourth-order valence-electron chi connectivity index (χ4n) is 4.02. The summed E-state index contributed by atoms with van der Waals surface area (Å²) < 4.78 is 22.6. The molecule has 0 aromatic heterocycles. The van der Waals surface area contributed by atoms with Gasteiger partial charge in [-0.2, -0.15) is 0 Å². The van der Waals surface area contributed by atoms with Gasteiger partial charge in [0.1, 0.15) is 5.84 Å². The summed E-state index contributed by atoms with van der Waals surface area (Å²) in [5.74, 6) is 0.484. The molecule has 35 heavy (non-hydrogen) atoms. The molecular weight excluding hydrogens is 464 g/mol. The molecule has 0 saturated carbocycles. The van der Waals surface area contributed by atoms with Crippen LogP contribution in [0.4, 0.5) is 10.5 Å². The highest BCUT2D eigenvalue weighted by molar-refractivity contribution is 7.89. The number of rotatable bonds is 10. The van der Waals surface area contributed by atoms with E-state index in [1.54, 1.807) is 12.1 Å². The van der Waals surface area contributed by atoms with Crippen LogP contribution in [-0.2, 0) is 16.4 Å². The lowest BCUT2D eigenvalue weighted by atomic mass is 10.1. The Bertz CT molecular complexity index is 1100. The number of hydrogen-bond acceptors (Lipinski definition) is 5.